The first-order valence-corrected chi connectivity index (χ1v) is 7.71. The van der Waals surface area contributed by atoms with Crippen LogP contribution in [0.4, 0.5) is 0 Å². The van der Waals surface area contributed by atoms with Gasteiger partial charge in [0.05, 0.1) is 12.1 Å². The lowest BCUT2D eigenvalue weighted by atomic mass is 10.1. The summed E-state index contributed by atoms with van der Waals surface area (Å²) in [6, 6.07) is 11.1. The summed E-state index contributed by atoms with van der Waals surface area (Å²) in [5.41, 5.74) is 0.0890. The van der Waals surface area contributed by atoms with E-state index in [9.17, 15) is 9.59 Å². The lowest BCUT2D eigenvalue weighted by molar-refractivity contribution is 0.597. The largest absolute Gasteiger partial charge is 0.331 e. The summed E-state index contributed by atoms with van der Waals surface area (Å²) >= 11 is 6.20. The van der Waals surface area contributed by atoms with Gasteiger partial charge in [0.2, 0.25) is 0 Å². The quantitative estimate of drug-likeness (QED) is 0.684. The first kappa shape index (κ1) is 16.0. The van der Waals surface area contributed by atoms with Crippen molar-refractivity contribution in [2.45, 2.75) is 20.0 Å². The van der Waals surface area contributed by atoms with Crippen LogP contribution in [0.3, 0.4) is 0 Å². The molecule has 120 valence electrons. The Balaban J connectivity index is 2.19. The molecule has 0 saturated carbocycles. The predicted octanol–water partition coefficient (Wildman–Crippen LogP) is 2.15. The molecule has 0 unspecified atom stereocenters. The van der Waals surface area contributed by atoms with Crippen LogP contribution in [-0.2, 0) is 13.1 Å². The Labute approximate surface area is 142 Å². The maximum Gasteiger partial charge on any atom is 0.331 e. The number of hydrogen-bond donors (Lipinski definition) is 0. The van der Waals surface area contributed by atoms with Crippen molar-refractivity contribution in [3.05, 3.63) is 73.6 Å². The molecule has 0 fully saturated rings. The smallest absolute Gasteiger partial charge is 0.299 e. The zero-order valence-corrected chi connectivity index (χ0v) is 13.6. The molecule has 0 saturated heterocycles. The molecule has 1 aromatic carbocycles. The number of nitriles is 1. The summed E-state index contributed by atoms with van der Waals surface area (Å²) in [4.78, 5) is 29.0. The molecular weight excluding hydrogens is 328 g/mol. The molecule has 0 aliphatic carbocycles. The second-order valence-corrected chi connectivity index (χ2v) is 5.60. The van der Waals surface area contributed by atoms with Crippen LogP contribution in [0.2, 0.25) is 5.15 Å². The Bertz CT molecular complexity index is 1090. The minimum atomic E-state index is -0.628. The molecule has 0 N–H and O–H groups in total. The molecule has 0 atom stereocenters. The average molecular weight is 341 g/mol. The highest BCUT2D eigenvalue weighted by Crippen LogP contribution is 2.20. The number of pyridine rings is 1. The van der Waals surface area contributed by atoms with Gasteiger partial charge >= 0.3 is 5.69 Å². The normalized spacial score (nSPS) is 10.7. The van der Waals surface area contributed by atoms with Gasteiger partial charge in [0, 0.05) is 23.7 Å². The lowest BCUT2D eigenvalue weighted by Crippen LogP contribution is -2.41. The van der Waals surface area contributed by atoms with E-state index in [2.05, 4.69) is 4.98 Å². The van der Waals surface area contributed by atoms with Gasteiger partial charge in [-0.2, -0.15) is 5.26 Å². The van der Waals surface area contributed by atoms with Crippen molar-refractivity contribution in [2.24, 2.45) is 0 Å². The Morgan fingerprint density at radius 2 is 2.04 bits per heavy atom. The van der Waals surface area contributed by atoms with Gasteiger partial charge in [-0.3, -0.25) is 13.9 Å². The molecule has 0 amide bonds. The minimum absolute atomic E-state index is 0.0378. The molecule has 0 aliphatic rings. The first-order chi connectivity index (χ1) is 11.5. The molecule has 7 heteroatoms. The first-order valence-electron chi connectivity index (χ1n) is 7.33. The average Bonchev–Trinajstić information content (AvgIpc) is 2.59. The van der Waals surface area contributed by atoms with Gasteiger partial charge in [0.25, 0.3) is 5.56 Å². The van der Waals surface area contributed by atoms with Crippen molar-refractivity contribution in [1.82, 2.24) is 14.1 Å². The summed E-state index contributed by atoms with van der Waals surface area (Å²) in [6.45, 7) is 2.09. The van der Waals surface area contributed by atoms with Crippen molar-refractivity contribution >= 4 is 22.5 Å². The van der Waals surface area contributed by atoms with Crippen LogP contribution in [0.15, 0.2) is 46.1 Å². The molecule has 0 spiro atoms. The number of rotatable bonds is 3. The molecule has 6 nitrogen and oxygen atoms in total. The molecule has 2 heterocycles. The zero-order chi connectivity index (χ0) is 17.3. The van der Waals surface area contributed by atoms with Crippen LogP contribution >= 0.6 is 11.6 Å². The van der Waals surface area contributed by atoms with E-state index < -0.39 is 11.2 Å². The van der Waals surface area contributed by atoms with Gasteiger partial charge in [0.1, 0.15) is 16.8 Å². The van der Waals surface area contributed by atoms with Crippen molar-refractivity contribution < 1.29 is 0 Å². The fourth-order valence-electron chi connectivity index (χ4n) is 2.51. The Hall–Kier alpha value is -2.91. The Morgan fingerprint density at radius 3 is 2.75 bits per heavy atom. The number of hydrogen-bond acceptors (Lipinski definition) is 4. The second kappa shape index (κ2) is 6.30. The topological polar surface area (TPSA) is 80.7 Å². The molecular formula is C17H13ClN4O2. The number of benzene rings is 1. The Morgan fingerprint density at radius 1 is 1.29 bits per heavy atom. The summed E-state index contributed by atoms with van der Waals surface area (Å²) in [7, 11) is 0. The van der Waals surface area contributed by atoms with Gasteiger partial charge in [-0.25, -0.2) is 9.78 Å². The minimum Gasteiger partial charge on any atom is -0.299 e. The fraction of sp³-hybridized carbons (Fsp3) is 0.176. The van der Waals surface area contributed by atoms with Crippen LogP contribution in [0, 0.1) is 11.3 Å². The third-order valence-electron chi connectivity index (χ3n) is 3.78. The van der Waals surface area contributed by atoms with E-state index in [0.717, 1.165) is 15.5 Å². The highest BCUT2D eigenvalue weighted by molar-refractivity contribution is 6.30. The predicted molar refractivity (Wildman–Crippen MR) is 91.2 cm³/mol. The summed E-state index contributed by atoms with van der Waals surface area (Å²) in [5.74, 6) is 0. The van der Waals surface area contributed by atoms with Gasteiger partial charge in [-0.15, -0.1) is 0 Å². The number of para-hydroxylation sites is 1. The fourth-order valence-corrected chi connectivity index (χ4v) is 2.72. The number of aromatic nitrogens is 3. The summed E-state index contributed by atoms with van der Waals surface area (Å²) in [6.07, 6.45) is 1.28. The highest BCUT2D eigenvalue weighted by Gasteiger charge is 2.13. The maximum atomic E-state index is 12.4. The van der Waals surface area contributed by atoms with Gasteiger partial charge < -0.3 is 0 Å². The molecule has 0 bridgehead atoms. The third-order valence-corrected chi connectivity index (χ3v) is 4.10. The molecule has 2 aromatic heterocycles. The van der Waals surface area contributed by atoms with Crippen molar-refractivity contribution in [2.75, 3.05) is 0 Å². The number of aryl methyl sites for hydroxylation is 1. The van der Waals surface area contributed by atoms with Crippen LogP contribution in [0.5, 0.6) is 0 Å². The molecule has 24 heavy (non-hydrogen) atoms. The number of halogens is 1. The van der Waals surface area contributed by atoms with Crippen molar-refractivity contribution in [3.63, 3.8) is 0 Å². The van der Waals surface area contributed by atoms with Crippen molar-refractivity contribution in [1.29, 1.82) is 5.26 Å². The van der Waals surface area contributed by atoms with E-state index in [1.807, 2.05) is 30.3 Å². The van der Waals surface area contributed by atoms with Crippen LogP contribution in [-0.4, -0.2) is 14.1 Å². The number of fused-ring (bicyclic) bond motifs is 1. The maximum absolute atomic E-state index is 12.4. The van der Waals surface area contributed by atoms with Crippen LogP contribution in [0.1, 0.15) is 18.1 Å². The van der Waals surface area contributed by atoms with E-state index in [1.54, 1.807) is 13.0 Å². The molecule has 3 aromatic rings. The Kier molecular flexibility index (Phi) is 4.19. The summed E-state index contributed by atoms with van der Waals surface area (Å²) < 4.78 is 2.34. The SMILES string of the molecule is CCn1cc(C#N)c(=O)n(Cc2cc3ccccc3nc2Cl)c1=O. The van der Waals surface area contributed by atoms with Crippen LogP contribution in [0.25, 0.3) is 10.9 Å². The van der Waals surface area contributed by atoms with E-state index in [-0.39, 0.29) is 17.3 Å². The van der Waals surface area contributed by atoms with E-state index >= 15 is 0 Å². The van der Waals surface area contributed by atoms with Crippen LogP contribution < -0.4 is 11.2 Å². The zero-order valence-electron chi connectivity index (χ0n) is 12.9. The second-order valence-electron chi connectivity index (χ2n) is 5.25. The van der Waals surface area contributed by atoms with Gasteiger partial charge in [-0.1, -0.05) is 29.8 Å². The van der Waals surface area contributed by atoms with Gasteiger partial charge in [-0.05, 0) is 19.1 Å². The highest BCUT2D eigenvalue weighted by atomic mass is 35.5. The number of nitrogens with zero attached hydrogens (tertiary/aromatic N) is 4. The van der Waals surface area contributed by atoms with E-state index in [4.69, 9.17) is 16.9 Å². The van der Waals surface area contributed by atoms with E-state index in [1.165, 1.54) is 10.8 Å². The van der Waals surface area contributed by atoms with Gasteiger partial charge in [0.15, 0.2) is 0 Å². The summed E-state index contributed by atoms with van der Waals surface area (Å²) in [5, 5.41) is 10.2. The third kappa shape index (κ3) is 2.70. The monoisotopic (exact) mass is 340 g/mol. The van der Waals surface area contributed by atoms with Crippen molar-refractivity contribution in [3.8, 4) is 6.07 Å². The molecule has 0 aliphatic heterocycles. The van der Waals surface area contributed by atoms with E-state index in [0.29, 0.717) is 12.1 Å². The molecule has 0 radical (unpaired) electrons. The lowest BCUT2D eigenvalue weighted by Gasteiger charge is -2.11. The molecule has 3 rings (SSSR count). The standard InChI is InChI=1S/C17H13ClN4O2/c1-2-21-9-13(8-19)16(23)22(17(21)24)10-12-7-11-5-3-4-6-14(11)20-15(12)18/h3-7,9H,2,10H2,1H3.